The third-order valence-electron chi connectivity index (χ3n) is 2.41. The first-order valence-electron chi connectivity index (χ1n) is 4.75. The molecule has 0 amide bonds. The van der Waals surface area contributed by atoms with Gasteiger partial charge in [-0.3, -0.25) is 0 Å². The summed E-state index contributed by atoms with van der Waals surface area (Å²) < 4.78 is 1.40. The predicted octanol–water partition coefficient (Wildman–Crippen LogP) is 2.94. The number of rotatable bonds is 1. The van der Waals surface area contributed by atoms with E-state index in [2.05, 4.69) is 5.10 Å². The Labute approximate surface area is 108 Å². The predicted molar refractivity (Wildman–Crippen MR) is 67.4 cm³/mol. The number of aromatic nitrogens is 2. The summed E-state index contributed by atoms with van der Waals surface area (Å²) in [6.07, 6.45) is 1.39. The summed E-state index contributed by atoms with van der Waals surface area (Å²) in [7, 11) is 0. The van der Waals surface area contributed by atoms with Crippen LogP contribution in [0.5, 0.6) is 0 Å². The van der Waals surface area contributed by atoms with Gasteiger partial charge in [0.15, 0.2) is 0 Å². The molecule has 0 saturated heterocycles. The smallest absolute Gasteiger partial charge is 0.145 e. The van der Waals surface area contributed by atoms with Crippen LogP contribution in [0.4, 0.5) is 5.82 Å². The van der Waals surface area contributed by atoms with Crippen molar-refractivity contribution >= 4 is 29.0 Å². The largest absolute Gasteiger partial charge is 0.382 e. The van der Waals surface area contributed by atoms with Crippen molar-refractivity contribution in [1.29, 1.82) is 5.26 Å². The van der Waals surface area contributed by atoms with Gasteiger partial charge in [-0.05, 0) is 18.6 Å². The third-order valence-corrected chi connectivity index (χ3v) is 3.38. The van der Waals surface area contributed by atoms with E-state index in [-0.39, 0.29) is 5.82 Å². The number of nitrogens with zero attached hydrogens (tertiary/aromatic N) is 3. The second kappa shape index (κ2) is 4.28. The fraction of sp³-hybridized carbons (Fsp3) is 0.0909. The van der Waals surface area contributed by atoms with Crippen molar-refractivity contribution in [3.63, 3.8) is 0 Å². The van der Waals surface area contributed by atoms with Gasteiger partial charge in [0.05, 0.1) is 21.9 Å². The summed E-state index contributed by atoms with van der Waals surface area (Å²) in [4.78, 5) is 0. The zero-order chi connectivity index (χ0) is 12.6. The van der Waals surface area contributed by atoms with E-state index in [4.69, 9.17) is 34.2 Å². The molecule has 0 aliphatic carbocycles. The van der Waals surface area contributed by atoms with Crippen LogP contribution in [0.15, 0.2) is 18.3 Å². The van der Waals surface area contributed by atoms with Gasteiger partial charge in [-0.25, -0.2) is 4.68 Å². The standard InChI is InChI=1S/C11H8Cl2N4/c1-6-2-3-8(10(13)9(6)12)17-11(15)7(4-14)5-16-17/h2-3,5H,15H2,1H3. The van der Waals surface area contributed by atoms with Gasteiger partial charge >= 0.3 is 0 Å². The number of hydrogen-bond acceptors (Lipinski definition) is 3. The quantitative estimate of drug-likeness (QED) is 0.863. The van der Waals surface area contributed by atoms with Crippen molar-refractivity contribution in [2.45, 2.75) is 6.92 Å². The van der Waals surface area contributed by atoms with Gasteiger partial charge in [0, 0.05) is 0 Å². The van der Waals surface area contributed by atoms with Gasteiger partial charge in [-0.2, -0.15) is 10.4 Å². The van der Waals surface area contributed by atoms with Gasteiger partial charge in [-0.1, -0.05) is 29.3 Å². The Kier molecular flexibility index (Phi) is 2.97. The van der Waals surface area contributed by atoms with E-state index in [0.717, 1.165) is 5.56 Å². The average Bonchev–Trinajstić information content (AvgIpc) is 2.68. The second-order valence-electron chi connectivity index (χ2n) is 3.50. The van der Waals surface area contributed by atoms with Crippen LogP contribution < -0.4 is 5.73 Å². The van der Waals surface area contributed by atoms with Gasteiger partial charge in [0.25, 0.3) is 0 Å². The van der Waals surface area contributed by atoms with E-state index in [9.17, 15) is 0 Å². The number of aryl methyl sites for hydroxylation is 1. The second-order valence-corrected chi connectivity index (χ2v) is 4.25. The lowest BCUT2D eigenvalue weighted by Crippen LogP contribution is -2.03. The Morgan fingerprint density at radius 2 is 2.06 bits per heavy atom. The van der Waals surface area contributed by atoms with Crippen LogP contribution in [0, 0.1) is 18.3 Å². The summed E-state index contributed by atoms with van der Waals surface area (Å²) in [6.45, 7) is 1.85. The summed E-state index contributed by atoms with van der Waals surface area (Å²) >= 11 is 12.2. The molecule has 17 heavy (non-hydrogen) atoms. The van der Waals surface area contributed by atoms with Gasteiger partial charge in [0.2, 0.25) is 0 Å². The van der Waals surface area contributed by atoms with Crippen molar-refractivity contribution in [2.75, 3.05) is 5.73 Å². The summed E-state index contributed by atoms with van der Waals surface area (Å²) in [5.41, 5.74) is 7.51. The normalized spacial score (nSPS) is 10.2. The van der Waals surface area contributed by atoms with Crippen molar-refractivity contribution in [2.24, 2.45) is 0 Å². The molecule has 1 aromatic carbocycles. The fourth-order valence-electron chi connectivity index (χ4n) is 1.44. The highest BCUT2D eigenvalue weighted by Crippen LogP contribution is 2.32. The van der Waals surface area contributed by atoms with E-state index in [0.29, 0.717) is 21.3 Å². The molecule has 2 aromatic rings. The molecule has 2 N–H and O–H groups in total. The molecule has 0 unspecified atom stereocenters. The number of nitriles is 1. The molecule has 6 heteroatoms. The zero-order valence-electron chi connectivity index (χ0n) is 8.91. The van der Waals surface area contributed by atoms with Crippen LogP contribution in [-0.2, 0) is 0 Å². The Bertz CT molecular complexity index is 625. The molecule has 0 aliphatic heterocycles. The topological polar surface area (TPSA) is 67.6 Å². The number of benzene rings is 1. The molecule has 86 valence electrons. The molecule has 0 saturated carbocycles. The summed E-state index contributed by atoms with van der Waals surface area (Å²) in [6, 6.07) is 5.52. The Balaban J connectivity index is 2.66. The lowest BCUT2D eigenvalue weighted by molar-refractivity contribution is 0.891. The minimum atomic E-state index is 0.245. The molecule has 1 aromatic heterocycles. The molecular formula is C11H8Cl2N4. The lowest BCUT2D eigenvalue weighted by Gasteiger charge is -2.09. The van der Waals surface area contributed by atoms with Crippen LogP contribution in [0.25, 0.3) is 5.69 Å². The Morgan fingerprint density at radius 1 is 1.35 bits per heavy atom. The number of nitrogens with two attached hydrogens (primary N) is 1. The zero-order valence-corrected chi connectivity index (χ0v) is 10.4. The lowest BCUT2D eigenvalue weighted by atomic mass is 10.2. The minimum absolute atomic E-state index is 0.245. The van der Waals surface area contributed by atoms with Gasteiger partial charge < -0.3 is 5.73 Å². The average molecular weight is 267 g/mol. The van der Waals surface area contributed by atoms with Gasteiger partial charge in [0.1, 0.15) is 17.5 Å². The monoisotopic (exact) mass is 266 g/mol. The molecule has 0 spiro atoms. The van der Waals surface area contributed by atoms with E-state index >= 15 is 0 Å². The number of hydrogen-bond donors (Lipinski definition) is 1. The number of nitrogen functional groups attached to an aromatic ring is 1. The summed E-state index contributed by atoms with van der Waals surface area (Å²) in [5, 5.41) is 13.6. The molecule has 0 atom stereocenters. The fourth-order valence-corrected chi connectivity index (χ4v) is 1.89. The van der Waals surface area contributed by atoms with Crippen molar-refractivity contribution < 1.29 is 0 Å². The maximum atomic E-state index is 8.80. The number of anilines is 1. The van der Waals surface area contributed by atoms with Gasteiger partial charge in [-0.15, -0.1) is 0 Å². The molecular weight excluding hydrogens is 259 g/mol. The molecule has 1 heterocycles. The maximum Gasteiger partial charge on any atom is 0.145 e. The van der Waals surface area contributed by atoms with E-state index in [1.165, 1.54) is 10.9 Å². The van der Waals surface area contributed by atoms with Crippen molar-refractivity contribution in [3.05, 3.63) is 39.5 Å². The first kappa shape index (κ1) is 11.8. The van der Waals surface area contributed by atoms with E-state index in [1.807, 2.05) is 19.1 Å². The molecule has 0 fully saturated rings. The first-order chi connectivity index (χ1) is 8.06. The van der Waals surface area contributed by atoms with Crippen LogP contribution >= 0.6 is 23.2 Å². The van der Waals surface area contributed by atoms with Crippen LogP contribution in [0.3, 0.4) is 0 Å². The van der Waals surface area contributed by atoms with Crippen molar-refractivity contribution in [1.82, 2.24) is 9.78 Å². The molecule has 4 nitrogen and oxygen atoms in total. The van der Waals surface area contributed by atoms with E-state index in [1.54, 1.807) is 6.07 Å². The highest BCUT2D eigenvalue weighted by atomic mass is 35.5. The molecule has 0 bridgehead atoms. The summed E-state index contributed by atoms with van der Waals surface area (Å²) in [5.74, 6) is 0.245. The molecule has 0 aliphatic rings. The maximum absolute atomic E-state index is 8.80. The number of halogens is 2. The van der Waals surface area contributed by atoms with Crippen molar-refractivity contribution in [3.8, 4) is 11.8 Å². The molecule has 2 rings (SSSR count). The van der Waals surface area contributed by atoms with Crippen LogP contribution in [-0.4, -0.2) is 9.78 Å². The highest BCUT2D eigenvalue weighted by molar-refractivity contribution is 6.43. The van der Waals surface area contributed by atoms with E-state index < -0.39 is 0 Å². The first-order valence-corrected chi connectivity index (χ1v) is 5.50. The highest BCUT2D eigenvalue weighted by Gasteiger charge is 2.14. The molecule has 0 radical (unpaired) electrons. The Morgan fingerprint density at radius 3 is 2.65 bits per heavy atom. The SMILES string of the molecule is Cc1ccc(-n2ncc(C#N)c2N)c(Cl)c1Cl. The third kappa shape index (κ3) is 1.84. The Hall–Kier alpha value is -1.70. The van der Waals surface area contributed by atoms with Crippen LogP contribution in [0.1, 0.15) is 11.1 Å². The minimum Gasteiger partial charge on any atom is -0.382 e. The van der Waals surface area contributed by atoms with Crippen LogP contribution in [0.2, 0.25) is 10.0 Å².